The first-order chi connectivity index (χ1) is 19.9. The van der Waals surface area contributed by atoms with Crippen molar-refractivity contribution in [3.63, 3.8) is 0 Å². The summed E-state index contributed by atoms with van der Waals surface area (Å²) in [5.74, 6) is -0.311. The number of benzene rings is 3. The molecule has 1 saturated heterocycles. The number of amides is 1. The number of aromatic nitrogens is 1. The van der Waals surface area contributed by atoms with Crippen LogP contribution in [0.25, 0.3) is 10.9 Å². The Balaban J connectivity index is 1.41. The fraction of sp³-hybridized carbons (Fsp3) is 0.281. The number of rotatable bonds is 9. The van der Waals surface area contributed by atoms with Gasteiger partial charge in [0.25, 0.3) is 0 Å². The Bertz CT molecular complexity index is 1540. The average Bonchev–Trinajstić information content (AvgIpc) is 3.34. The number of carbonyl (C=O) groups is 2. The van der Waals surface area contributed by atoms with E-state index in [2.05, 4.69) is 15.2 Å². The normalized spacial score (nSPS) is 14.2. The summed E-state index contributed by atoms with van der Waals surface area (Å²) in [4.78, 5) is 37.2. The van der Waals surface area contributed by atoms with Gasteiger partial charge in [0.2, 0.25) is 5.91 Å². The van der Waals surface area contributed by atoms with Gasteiger partial charge in [-0.1, -0.05) is 30.3 Å². The highest BCUT2D eigenvalue weighted by atomic mass is 16.5. The molecule has 1 aliphatic rings. The third-order valence-electron chi connectivity index (χ3n) is 7.27. The first kappa shape index (κ1) is 28.1. The molecular formula is C32H35N5O4. The van der Waals surface area contributed by atoms with Crippen LogP contribution in [0.5, 0.6) is 5.75 Å². The third kappa shape index (κ3) is 6.48. The maximum atomic E-state index is 12.8. The number of anilines is 1. The summed E-state index contributed by atoms with van der Waals surface area (Å²) in [6, 6.07) is 22.1. The van der Waals surface area contributed by atoms with Crippen molar-refractivity contribution in [3.05, 3.63) is 89.6 Å². The number of nitrogens with zero attached hydrogens (tertiary/aromatic N) is 3. The minimum atomic E-state index is -0.422. The molecule has 0 spiro atoms. The first-order valence-corrected chi connectivity index (χ1v) is 13.9. The first-order valence-electron chi connectivity index (χ1n) is 13.9. The van der Waals surface area contributed by atoms with E-state index in [-0.39, 0.29) is 18.3 Å². The second kappa shape index (κ2) is 12.8. The van der Waals surface area contributed by atoms with E-state index in [9.17, 15) is 14.7 Å². The van der Waals surface area contributed by atoms with Gasteiger partial charge in [-0.2, -0.15) is 0 Å². The van der Waals surface area contributed by atoms with Crippen LogP contribution in [0.4, 0.5) is 11.4 Å². The van der Waals surface area contributed by atoms with Crippen molar-refractivity contribution in [1.82, 2.24) is 15.2 Å². The van der Waals surface area contributed by atoms with Crippen molar-refractivity contribution in [3.8, 4) is 5.75 Å². The molecule has 3 aromatic carbocycles. The summed E-state index contributed by atoms with van der Waals surface area (Å²) < 4.78 is 5.12. The van der Waals surface area contributed by atoms with Gasteiger partial charge >= 0.3 is 5.97 Å². The second-order valence-electron chi connectivity index (χ2n) is 9.97. The van der Waals surface area contributed by atoms with E-state index in [0.29, 0.717) is 40.0 Å². The molecule has 0 aliphatic carbocycles. The standard InChI is InChI=1S/C32H35N5O4/c1-3-41-32(40)23-9-14-26-27(21-23)35-30(31(26)39)29(22-7-5-4-6-8-22)34-24-10-12-25(13-11-24)36(2)28(38)15-18-37-19-16-33-17-20-37/h4-14,21,33,35,39H,3,15-20H2,1-2H3. The number of fused-ring (bicyclic) bond motifs is 1. The zero-order chi connectivity index (χ0) is 28.8. The molecule has 0 radical (unpaired) electrons. The van der Waals surface area contributed by atoms with E-state index in [0.717, 1.165) is 44.0 Å². The van der Waals surface area contributed by atoms with Crippen LogP contribution in [-0.2, 0) is 9.53 Å². The lowest BCUT2D eigenvalue weighted by molar-refractivity contribution is -0.118. The molecule has 1 fully saturated rings. The molecule has 9 heteroatoms. The van der Waals surface area contributed by atoms with Crippen LogP contribution in [0.3, 0.4) is 0 Å². The largest absolute Gasteiger partial charge is 0.505 e. The fourth-order valence-electron chi connectivity index (χ4n) is 4.94. The van der Waals surface area contributed by atoms with Crippen LogP contribution in [0.1, 0.15) is 35.0 Å². The minimum absolute atomic E-state index is 0.0458. The molecule has 1 amide bonds. The van der Waals surface area contributed by atoms with Crippen molar-refractivity contribution in [2.75, 3.05) is 51.3 Å². The number of aromatic hydroxyl groups is 1. The molecule has 0 atom stereocenters. The van der Waals surface area contributed by atoms with Crippen molar-refractivity contribution >= 4 is 39.9 Å². The number of ether oxygens (including phenoxy) is 1. The van der Waals surface area contributed by atoms with E-state index >= 15 is 0 Å². The Hall–Kier alpha value is -4.47. The van der Waals surface area contributed by atoms with Crippen LogP contribution < -0.4 is 10.2 Å². The highest BCUT2D eigenvalue weighted by molar-refractivity contribution is 6.17. The lowest BCUT2D eigenvalue weighted by Crippen LogP contribution is -2.44. The van der Waals surface area contributed by atoms with Crippen molar-refractivity contribution in [1.29, 1.82) is 0 Å². The Morgan fingerprint density at radius 2 is 1.73 bits per heavy atom. The predicted octanol–water partition coefficient (Wildman–Crippen LogP) is 4.48. The predicted molar refractivity (Wildman–Crippen MR) is 161 cm³/mol. The summed E-state index contributed by atoms with van der Waals surface area (Å²) in [5, 5.41) is 15.1. The van der Waals surface area contributed by atoms with Gasteiger partial charge in [-0.3, -0.25) is 4.79 Å². The molecule has 1 aromatic heterocycles. The average molecular weight is 554 g/mol. The molecule has 1 aliphatic heterocycles. The molecule has 4 aromatic rings. The van der Waals surface area contributed by atoms with Crippen molar-refractivity contribution in [2.45, 2.75) is 13.3 Å². The van der Waals surface area contributed by atoms with Gasteiger partial charge in [-0.05, 0) is 49.4 Å². The van der Waals surface area contributed by atoms with Gasteiger partial charge in [-0.15, -0.1) is 0 Å². The number of nitrogens with one attached hydrogen (secondary N) is 2. The summed E-state index contributed by atoms with van der Waals surface area (Å²) in [7, 11) is 1.79. The zero-order valence-corrected chi connectivity index (χ0v) is 23.4. The van der Waals surface area contributed by atoms with Crippen LogP contribution in [0.2, 0.25) is 0 Å². The topological polar surface area (TPSA) is 110 Å². The van der Waals surface area contributed by atoms with E-state index in [1.807, 2.05) is 54.6 Å². The quantitative estimate of drug-likeness (QED) is 0.208. The number of aliphatic imine (C=N–C) groups is 1. The molecule has 0 saturated carbocycles. The van der Waals surface area contributed by atoms with Crippen molar-refractivity contribution < 1.29 is 19.4 Å². The highest BCUT2D eigenvalue weighted by Crippen LogP contribution is 2.33. The van der Waals surface area contributed by atoms with Crippen LogP contribution in [-0.4, -0.2) is 79.0 Å². The van der Waals surface area contributed by atoms with E-state index < -0.39 is 5.97 Å². The van der Waals surface area contributed by atoms with Gasteiger partial charge in [-0.25, -0.2) is 9.79 Å². The van der Waals surface area contributed by atoms with E-state index in [1.165, 1.54) is 0 Å². The van der Waals surface area contributed by atoms with Crippen LogP contribution >= 0.6 is 0 Å². The number of carbonyl (C=O) groups excluding carboxylic acids is 2. The van der Waals surface area contributed by atoms with E-state index in [1.54, 1.807) is 37.1 Å². The number of aromatic amines is 1. The lowest BCUT2D eigenvalue weighted by Gasteiger charge is -2.27. The molecule has 2 heterocycles. The maximum absolute atomic E-state index is 12.8. The molecule has 9 nitrogen and oxygen atoms in total. The number of hydrogen-bond acceptors (Lipinski definition) is 7. The van der Waals surface area contributed by atoms with Gasteiger partial charge in [0, 0.05) is 62.8 Å². The fourth-order valence-corrected chi connectivity index (χ4v) is 4.94. The molecule has 212 valence electrons. The summed E-state index contributed by atoms with van der Waals surface area (Å²) in [5.41, 5.74) is 4.25. The Kier molecular flexibility index (Phi) is 8.76. The second-order valence-corrected chi connectivity index (χ2v) is 9.97. The van der Waals surface area contributed by atoms with Gasteiger partial charge in [0.1, 0.15) is 5.69 Å². The maximum Gasteiger partial charge on any atom is 0.338 e. The van der Waals surface area contributed by atoms with Crippen molar-refractivity contribution in [2.24, 2.45) is 4.99 Å². The lowest BCUT2D eigenvalue weighted by atomic mass is 10.1. The summed E-state index contributed by atoms with van der Waals surface area (Å²) in [6.45, 7) is 6.64. The SMILES string of the molecule is CCOC(=O)c1ccc2c(O)c(C(=Nc3ccc(N(C)C(=O)CCN4CCNCC4)cc3)c3ccccc3)[nH]c2c1. The molecule has 3 N–H and O–H groups in total. The smallest absolute Gasteiger partial charge is 0.338 e. The Labute approximate surface area is 239 Å². The van der Waals surface area contributed by atoms with E-state index in [4.69, 9.17) is 9.73 Å². The molecular weight excluding hydrogens is 518 g/mol. The number of esters is 1. The van der Waals surface area contributed by atoms with Gasteiger partial charge in [0.05, 0.1) is 29.1 Å². The molecule has 0 bridgehead atoms. The third-order valence-corrected chi connectivity index (χ3v) is 7.27. The Morgan fingerprint density at radius 1 is 1.00 bits per heavy atom. The van der Waals surface area contributed by atoms with Crippen LogP contribution in [0.15, 0.2) is 77.8 Å². The number of hydrogen-bond donors (Lipinski definition) is 3. The zero-order valence-electron chi connectivity index (χ0n) is 23.4. The van der Waals surface area contributed by atoms with Crippen LogP contribution in [0, 0.1) is 0 Å². The highest BCUT2D eigenvalue weighted by Gasteiger charge is 2.20. The van der Waals surface area contributed by atoms with Gasteiger partial charge < -0.3 is 29.9 Å². The number of piperazine rings is 1. The monoisotopic (exact) mass is 553 g/mol. The molecule has 5 rings (SSSR count). The minimum Gasteiger partial charge on any atom is -0.505 e. The summed E-state index contributed by atoms with van der Waals surface area (Å²) >= 11 is 0. The number of H-pyrrole nitrogens is 1. The van der Waals surface area contributed by atoms with Gasteiger partial charge in [0.15, 0.2) is 5.75 Å². The summed E-state index contributed by atoms with van der Waals surface area (Å²) in [6.07, 6.45) is 0.464. The Morgan fingerprint density at radius 3 is 2.44 bits per heavy atom. The molecule has 0 unspecified atom stereocenters. The molecule has 41 heavy (non-hydrogen) atoms.